The molecule has 0 saturated carbocycles. The van der Waals surface area contributed by atoms with E-state index in [1.165, 1.54) is 11.1 Å². The summed E-state index contributed by atoms with van der Waals surface area (Å²) in [5, 5.41) is 0.506. The topological polar surface area (TPSA) is 29.0 Å². The van der Waals surface area contributed by atoms with E-state index in [-0.39, 0.29) is 0 Å². The third-order valence-corrected chi connectivity index (χ3v) is 3.01. The van der Waals surface area contributed by atoms with Crippen LogP contribution in [0.3, 0.4) is 0 Å². The van der Waals surface area contributed by atoms with Crippen molar-refractivity contribution in [3.05, 3.63) is 58.1 Å². The first-order valence-electron chi connectivity index (χ1n) is 6.27. The van der Waals surface area contributed by atoms with E-state index in [0.717, 1.165) is 18.1 Å². The van der Waals surface area contributed by atoms with Crippen LogP contribution < -0.4 is 0 Å². The predicted molar refractivity (Wildman–Crippen MR) is 78.1 cm³/mol. The van der Waals surface area contributed by atoms with E-state index < -0.39 is 0 Å². The van der Waals surface area contributed by atoms with Gasteiger partial charge in [-0.25, -0.2) is 9.97 Å². The van der Waals surface area contributed by atoms with Gasteiger partial charge in [0.25, 0.3) is 0 Å². The molecule has 100 valence electrons. The molecule has 3 nitrogen and oxygen atoms in total. The number of aromatic nitrogens is 2. The third-order valence-electron chi connectivity index (χ3n) is 2.82. The molecule has 0 aliphatic rings. The maximum atomic E-state index is 5.94. The molecule has 0 saturated heterocycles. The molecular weight excluding hydrogens is 258 g/mol. The molecule has 0 aliphatic heterocycles. The highest BCUT2D eigenvalue weighted by atomic mass is 35.5. The van der Waals surface area contributed by atoms with Crippen molar-refractivity contribution >= 4 is 11.6 Å². The van der Waals surface area contributed by atoms with Gasteiger partial charge in [-0.1, -0.05) is 41.4 Å². The minimum atomic E-state index is 0.506. The van der Waals surface area contributed by atoms with E-state index in [1.807, 2.05) is 6.92 Å². The smallest absolute Gasteiger partial charge is 0.144 e. The Morgan fingerprint density at radius 2 is 1.89 bits per heavy atom. The Morgan fingerprint density at radius 3 is 2.58 bits per heavy atom. The van der Waals surface area contributed by atoms with Crippen molar-refractivity contribution in [1.82, 2.24) is 14.9 Å². The molecule has 1 heterocycles. The van der Waals surface area contributed by atoms with Crippen molar-refractivity contribution in [2.45, 2.75) is 26.9 Å². The lowest BCUT2D eigenvalue weighted by molar-refractivity contribution is 0.310. The number of aryl methyl sites for hydroxylation is 2. The Bertz CT molecular complexity index is 549. The molecule has 19 heavy (non-hydrogen) atoms. The van der Waals surface area contributed by atoms with Crippen molar-refractivity contribution in [3.8, 4) is 0 Å². The van der Waals surface area contributed by atoms with Gasteiger partial charge < -0.3 is 0 Å². The monoisotopic (exact) mass is 275 g/mol. The van der Waals surface area contributed by atoms with Gasteiger partial charge in [0.15, 0.2) is 0 Å². The highest BCUT2D eigenvalue weighted by Gasteiger charge is 2.06. The van der Waals surface area contributed by atoms with Crippen LogP contribution in [0.1, 0.15) is 22.6 Å². The molecule has 2 aromatic rings. The molecule has 0 radical (unpaired) electrons. The predicted octanol–water partition coefficient (Wildman–Crippen LogP) is 3.38. The zero-order chi connectivity index (χ0) is 13.8. The molecule has 0 N–H and O–H groups in total. The first-order chi connectivity index (χ1) is 9.02. The Labute approximate surface area is 119 Å². The zero-order valence-corrected chi connectivity index (χ0v) is 12.3. The van der Waals surface area contributed by atoms with E-state index in [4.69, 9.17) is 11.6 Å². The number of hydrogen-bond acceptors (Lipinski definition) is 3. The molecule has 0 spiro atoms. The van der Waals surface area contributed by atoms with Crippen molar-refractivity contribution in [1.29, 1.82) is 0 Å². The molecule has 2 rings (SSSR count). The Morgan fingerprint density at radius 1 is 1.11 bits per heavy atom. The maximum Gasteiger partial charge on any atom is 0.144 e. The highest BCUT2D eigenvalue weighted by molar-refractivity contribution is 6.29. The molecular formula is C15H18ClN3. The second-order valence-electron chi connectivity index (χ2n) is 4.91. The molecule has 1 aromatic carbocycles. The summed E-state index contributed by atoms with van der Waals surface area (Å²) in [5.41, 5.74) is 3.47. The zero-order valence-electron chi connectivity index (χ0n) is 11.5. The van der Waals surface area contributed by atoms with Crippen LogP contribution in [-0.2, 0) is 13.1 Å². The Hall–Kier alpha value is -1.45. The van der Waals surface area contributed by atoms with Crippen molar-refractivity contribution in [3.63, 3.8) is 0 Å². The normalized spacial score (nSPS) is 11.0. The highest BCUT2D eigenvalue weighted by Crippen LogP contribution is 2.10. The van der Waals surface area contributed by atoms with Gasteiger partial charge in [-0.15, -0.1) is 0 Å². The summed E-state index contributed by atoms with van der Waals surface area (Å²) in [6.45, 7) is 5.59. The first kappa shape index (κ1) is 14.0. The van der Waals surface area contributed by atoms with Gasteiger partial charge in [-0.3, -0.25) is 4.90 Å². The van der Waals surface area contributed by atoms with Gasteiger partial charge in [0.2, 0.25) is 0 Å². The molecule has 1 aromatic heterocycles. The van der Waals surface area contributed by atoms with Crippen LogP contribution in [0.2, 0.25) is 5.15 Å². The minimum Gasteiger partial charge on any atom is -0.295 e. The lowest BCUT2D eigenvalue weighted by atomic mass is 10.1. The molecule has 0 atom stereocenters. The largest absolute Gasteiger partial charge is 0.295 e. The Balaban J connectivity index is 2.03. The lowest BCUT2D eigenvalue weighted by Crippen LogP contribution is -2.19. The van der Waals surface area contributed by atoms with E-state index in [9.17, 15) is 0 Å². The molecule has 0 fully saturated rings. The minimum absolute atomic E-state index is 0.506. The second kappa shape index (κ2) is 6.13. The van der Waals surface area contributed by atoms with E-state index in [0.29, 0.717) is 11.7 Å². The summed E-state index contributed by atoms with van der Waals surface area (Å²) in [5.74, 6) is 0.764. The molecule has 0 unspecified atom stereocenters. The molecule has 0 bridgehead atoms. The molecule has 0 amide bonds. The van der Waals surface area contributed by atoms with Crippen molar-refractivity contribution < 1.29 is 0 Å². The van der Waals surface area contributed by atoms with E-state index >= 15 is 0 Å². The standard InChI is InChI=1S/C15H18ClN3/c1-11-5-4-6-13(7-11)9-19(3)10-15-17-12(2)8-14(16)18-15/h4-8H,9-10H2,1-3H3. The third kappa shape index (κ3) is 4.30. The summed E-state index contributed by atoms with van der Waals surface area (Å²) in [6.07, 6.45) is 0. The number of halogens is 1. The van der Waals surface area contributed by atoms with Gasteiger partial charge in [-0.2, -0.15) is 0 Å². The number of nitrogens with zero attached hydrogens (tertiary/aromatic N) is 3. The van der Waals surface area contributed by atoms with Crippen molar-refractivity contribution in [2.75, 3.05) is 7.05 Å². The first-order valence-corrected chi connectivity index (χ1v) is 6.65. The number of benzene rings is 1. The Kier molecular flexibility index (Phi) is 4.51. The fraction of sp³-hybridized carbons (Fsp3) is 0.333. The van der Waals surface area contributed by atoms with Gasteiger partial charge in [0.1, 0.15) is 11.0 Å². The van der Waals surface area contributed by atoms with Crippen LogP contribution >= 0.6 is 11.6 Å². The average Bonchev–Trinajstić information content (AvgIpc) is 2.26. The summed E-state index contributed by atoms with van der Waals surface area (Å²) in [6, 6.07) is 10.3. The van der Waals surface area contributed by atoms with E-state index in [1.54, 1.807) is 6.07 Å². The fourth-order valence-corrected chi connectivity index (χ4v) is 2.33. The maximum absolute atomic E-state index is 5.94. The quantitative estimate of drug-likeness (QED) is 0.801. The van der Waals surface area contributed by atoms with Crippen LogP contribution in [0.15, 0.2) is 30.3 Å². The number of hydrogen-bond donors (Lipinski definition) is 0. The van der Waals surface area contributed by atoms with Gasteiger partial charge in [0, 0.05) is 12.2 Å². The van der Waals surface area contributed by atoms with Crippen LogP contribution in [0.4, 0.5) is 0 Å². The lowest BCUT2D eigenvalue weighted by Gasteiger charge is -2.16. The fourth-order valence-electron chi connectivity index (χ4n) is 2.08. The summed E-state index contributed by atoms with van der Waals surface area (Å²) < 4.78 is 0. The molecule has 0 aliphatic carbocycles. The van der Waals surface area contributed by atoms with Crippen LogP contribution in [0.25, 0.3) is 0 Å². The van der Waals surface area contributed by atoms with Crippen LogP contribution in [0, 0.1) is 13.8 Å². The van der Waals surface area contributed by atoms with Crippen molar-refractivity contribution in [2.24, 2.45) is 0 Å². The summed E-state index contributed by atoms with van der Waals surface area (Å²) in [7, 11) is 2.06. The molecule has 4 heteroatoms. The number of rotatable bonds is 4. The van der Waals surface area contributed by atoms with E-state index in [2.05, 4.69) is 53.1 Å². The SMILES string of the molecule is Cc1cccc(CN(C)Cc2nc(C)cc(Cl)n2)c1. The second-order valence-corrected chi connectivity index (χ2v) is 5.30. The summed E-state index contributed by atoms with van der Waals surface area (Å²) >= 11 is 5.94. The average molecular weight is 276 g/mol. The summed E-state index contributed by atoms with van der Waals surface area (Å²) in [4.78, 5) is 10.8. The van der Waals surface area contributed by atoms with Crippen LogP contribution in [-0.4, -0.2) is 21.9 Å². The van der Waals surface area contributed by atoms with Gasteiger partial charge in [-0.05, 0) is 32.5 Å². The van der Waals surface area contributed by atoms with Gasteiger partial charge >= 0.3 is 0 Å². The van der Waals surface area contributed by atoms with Crippen LogP contribution in [0.5, 0.6) is 0 Å². The van der Waals surface area contributed by atoms with Gasteiger partial charge in [0.05, 0.1) is 6.54 Å².